The molecule has 0 aliphatic carbocycles. The molecule has 0 aliphatic heterocycles. The van der Waals surface area contributed by atoms with Gasteiger partial charge in [0.15, 0.2) is 0 Å². The Balaban J connectivity index is 1.88. The summed E-state index contributed by atoms with van der Waals surface area (Å²) in [6.07, 6.45) is -4.46. The van der Waals surface area contributed by atoms with Crippen LogP contribution < -0.4 is 15.4 Å². The first-order valence-electron chi connectivity index (χ1n) is 8.05. The summed E-state index contributed by atoms with van der Waals surface area (Å²) in [4.78, 5) is 8.45. The fraction of sp³-hybridized carbons (Fsp3) is 0.158. The van der Waals surface area contributed by atoms with Crippen molar-refractivity contribution in [2.45, 2.75) is 13.1 Å². The van der Waals surface area contributed by atoms with Gasteiger partial charge in [-0.2, -0.15) is 13.2 Å². The van der Waals surface area contributed by atoms with Crippen LogP contribution in [0.2, 0.25) is 0 Å². The molecule has 1 aromatic heterocycles. The SMILES string of the molecule is COc1cccc(Nc2cc(Nc3ccccc3C(F)(F)F)nc(C)n2)c1. The zero-order valence-corrected chi connectivity index (χ0v) is 14.6. The lowest BCUT2D eigenvalue weighted by atomic mass is 10.1. The van der Waals surface area contributed by atoms with Crippen LogP contribution in [0, 0.1) is 6.92 Å². The van der Waals surface area contributed by atoms with Crippen molar-refractivity contribution in [3.8, 4) is 5.75 Å². The highest BCUT2D eigenvalue weighted by Crippen LogP contribution is 2.35. The summed E-state index contributed by atoms with van der Waals surface area (Å²) in [5, 5.41) is 5.83. The lowest BCUT2D eigenvalue weighted by Gasteiger charge is -2.15. The minimum absolute atomic E-state index is 0.0737. The molecule has 0 radical (unpaired) electrons. The predicted octanol–water partition coefficient (Wildman–Crippen LogP) is 5.30. The number of ether oxygens (including phenoxy) is 1. The van der Waals surface area contributed by atoms with Gasteiger partial charge < -0.3 is 15.4 Å². The van der Waals surface area contributed by atoms with E-state index in [1.807, 2.05) is 12.1 Å². The molecule has 0 fully saturated rings. The van der Waals surface area contributed by atoms with E-state index < -0.39 is 11.7 Å². The van der Waals surface area contributed by atoms with E-state index in [2.05, 4.69) is 20.6 Å². The standard InChI is InChI=1S/C19H17F3N4O/c1-12-23-17(25-13-6-5-7-14(10-13)27-2)11-18(24-12)26-16-9-4-3-8-15(16)19(20,21)22/h3-11H,1-2H3,(H2,23,24,25,26). The molecule has 3 aromatic rings. The number of anilines is 4. The first-order chi connectivity index (χ1) is 12.8. The molecule has 0 saturated heterocycles. The monoisotopic (exact) mass is 374 g/mol. The van der Waals surface area contributed by atoms with Crippen molar-refractivity contribution in [1.29, 1.82) is 0 Å². The molecule has 8 heteroatoms. The van der Waals surface area contributed by atoms with E-state index in [0.717, 1.165) is 11.8 Å². The van der Waals surface area contributed by atoms with E-state index in [-0.39, 0.29) is 11.5 Å². The number of benzene rings is 2. The van der Waals surface area contributed by atoms with E-state index in [1.54, 1.807) is 32.2 Å². The van der Waals surface area contributed by atoms with Gasteiger partial charge in [-0.3, -0.25) is 0 Å². The van der Waals surface area contributed by atoms with E-state index in [1.165, 1.54) is 18.2 Å². The van der Waals surface area contributed by atoms with Crippen LogP contribution >= 0.6 is 0 Å². The third-order valence-corrected chi connectivity index (χ3v) is 3.68. The van der Waals surface area contributed by atoms with Gasteiger partial charge in [0.25, 0.3) is 0 Å². The zero-order valence-electron chi connectivity index (χ0n) is 14.6. The normalized spacial score (nSPS) is 11.1. The van der Waals surface area contributed by atoms with E-state index in [0.29, 0.717) is 17.4 Å². The Morgan fingerprint density at radius 2 is 1.59 bits per heavy atom. The number of alkyl halides is 3. The van der Waals surface area contributed by atoms with Crippen LogP contribution in [-0.4, -0.2) is 17.1 Å². The van der Waals surface area contributed by atoms with Gasteiger partial charge in [-0.15, -0.1) is 0 Å². The molecular weight excluding hydrogens is 357 g/mol. The minimum atomic E-state index is -4.46. The average molecular weight is 374 g/mol. The topological polar surface area (TPSA) is 59.1 Å². The lowest BCUT2D eigenvalue weighted by molar-refractivity contribution is -0.136. The third-order valence-electron chi connectivity index (χ3n) is 3.68. The molecule has 27 heavy (non-hydrogen) atoms. The van der Waals surface area contributed by atoms with Crippen molar-refractivity contribution in [1.82, 2.24) is 9.97 Å². The molecule has 0 amide bonds. The maximum Gasteiger partial charge on any atom is 0.418 e. The van der Waals surface area contributed by atoms with Crippen LogP contribution in [0.1, 0.15) is 11.4 Å². The minimum Gasteiger partial charge on any atom is -0.497 e. The molecule has 0 spiro atoms. The van der Waals surface area contributed by atoms with Crippen molar-refractivity contribution in [3.05, 3.63) is 66.0 Å². The fourth-order valence-corrected chi connectivity index (χ4v) is 2.52. The van der Waals surface area contributed by atoms with Crippen molar-refractivity contribution < 1.29 is 17.9 Å². The molecular formula is C19H17F3N4O. The van der Waals surface area contributed by atoms with E-state index in [4.69, 9.17) is 4.74 Å². The Morgan fingerprint density at radius 1 is 0.889 bits per heavy atom. The number of halogens is 3. The second kappa shape index (κ2) is 7.53. The van der Waals surface area contributed by atoms with Crippen LogP contribution in [0.5, 0.6) is 5.75 Å². The van der Waals surface area contributed by atoms with Crippen LogP contribution in [-0.2, 0) is 6.18 Å². The van der Waals surface area contributed by atoms with Crippen molar-refractivity contribution in [2.24, 2.45) is 0 Å². The van der Waals surface area contributed by atoms with Crippen LogP contribution in [0.15, 0.2) is 54.6 Å². The van der Waals surface area contributed by atoms with Crippen LogP contribution in [0.4, 0.5) is 36.2 Å². The quantitative estimate of drug-likeness (QED) is 0.635. The number of para-hydroxylation sites is 1. The number of aromatic nitrogens is 2. The average Bonchev–Trinajstić information content (AvgIpc) is 2.61. The number of methoxy groups -OCH3 is 1. The maximum absolute atomic E-state index is 13.2. The number of aryl methyl sites for hydroxylation is 1. The second-order valence-electron chi connectivity index (χ2n) is 5.71. The molecule has 3 rings (SSSR count). The predicted molar refractivity (Wildman–Crippen MR) is 97.8 cm³/mol. The van der Waals surface area contributed by atoms with Gasteiger partial charge in [-0.1, -0.05) is 18.2 Å². The van der Waals surface area contributed by atoms with Gasteiger partial charge >= 0.3 is 6.18 Å². The molecule has 0 bridgehead atoms. The summed E-state index contributed by atoms with van der Waals surface area (Å²) in [6, 6.07) is 14.0. The largest absolute Gasteiger partial charge is 0.497 e. The Kier molecular flexibility index (Phi) is 5.16. The summed E-state index contributed by atoms with van der Waals surface area (Å²) in [5.74, 6) is 1.78. The number of nitrogens with zero attached hydrogens (tertiary/aromatic N) is 2. The fourth-order valence-electron chi connectivity index (χ4n) is 2.52. The van der Waals surface area contributed by atoms with Crippen molar-refractivity contribution in [3.63, 3.8) is 0 Å². The second-order valence-corrected chi connectivity index (χ2v) is 5.71. The molecule has 2 aromatic carbocycles. The number of nitrogens with one attached hydrogen (secondary N) is 2. The molecule has 0 aliphatic rings. The number of rotatable bonds is 5. The van der Waals surface area contributed by atoms with E-state index >= 15 is 0 Å². The van der Waals surface area contributed by atoms with Gasteiger partial charge in [0.2, 0.25) is 0 Å². The summed E-state index contributed by atoms with van der Waals surface area (Å²) in [7, 11) is 1.56. The maximum atomic E-state index is 13.2. The van der Waals surface area contributed by atoms with Gasteiger partial charge in [-0.25, -0.2) is 9.97 Å². The number of hydrogen-bond acceptors (Lipinski definition) is 5. The molecule has 0 saturated carbocycles. The van der Waals surface area contributed by atoms with Gasteiger partial charge in [-0.05, 0) is 31.2 Å². The van der Waals surface area contributed by atoms with Gasteiger partial charge in [0.05, 0.1) is 18.4 Å². The summed E-state index contributed by atoms with van der Waals surface area (Å²) < 4.78 is 44.7. The molecule has 2 N–H and O–H groups in total. The number of hydrogen-bond donors (Lipinski definition) is 2. The Hall–Kier alpha value is -3.29. The van der Waals surface area contributed by atoms with Crippen LogP contribution in [0.3, 0.4) is 0 Å². The van der Waals surface area contributed by atoms with Crippen molar-refractivity contribution >= 4 is 23.0 Å². The zero-order chi connectivity index (χ0) is 19.4. The molecule has 0 unspecified atom stereocenters. The Labute approximate surface area is 154 Å². The van der Waals surface area contributed by atoms with Crippen molar-refractivity contribution in [2.75, 3.05) is 17.7 Å². The van der Waals surface area contributed by atoms with Crippen LogP contribution in [0.25, 0.3) is 0 Å². The Morgan fingerprint density at radius 3 is 2.30 bits per heavy atom. The highest BCUT2D eigenvalue weighted by atomic mass is 19.4. The molecule has 1 heterocycles. The Bertz CT molecular complexity index is 944. The summed E-state index contributed by atoms with van der Waals surface area (Å²) in [5.41, 5.74) is -0.104. The van der Waals surface area contributed by atoms with Gasteiger partial charge in [0, 0.05) is 17.8 Å². The molecule has 5 nitrogen and oxygen atoms in total. The molecule has 0 atom stereocenters. The first kappa shape index (κ1) is 18.5. The summed E-state index contributed by atoms with van der Waals surface area (Å²) in [6.45, 7) is 1.66. The van der Waals surface area contributed by atoms with E-state index in [9.17, 15) is 13.2 Å². The highest BCUT2D eigenvalue weighted by Gasteiger charge is 2.33. The summed E-state index contributed by atoms with van der Waals surface area (Å²) >= 11 is 0. The highest BCUT2D eigenvalue weighted by molar-refractivity contribution is 5.66. The first-order valence-corrected chi connectivity index (χ1v) is 8.05. The van der Waals surface area contributed by atoms with Gasteiger partial charge in [0.1, 0.15) is 23.2 Å². The molecule has 140 valence electrons. The smallest absolute Gasteiger partial charge is 0.418 e. The third kappa shape index (κ3) is 4.66. The lowest BCUT2D eigenvalue weighted by Crippen LogP contribution is -2.09.